The average molecular weight is 1840 g/mol. The zero-order chi connectivity index (χ0) is 89.4. The number of nitrogens with zero attached hydrogens (tertiary/aromatic N) is 2. The van der Waals surface area contributed by atoms with Crippen molar-refractivity contribution in [2.75, 3.05) is 50.5 Å². The van der Waals surface area contributed by atoms with Gasteiger partial charge in [-0.2, -0.15) is 87.6 Å². The van der Waals surface area contributed by atoms with Gasteiger partial charge in [0.25, 0.3) is 20.0 Å². The fourth-order valence-electron chi connectivity index (χ4n) is 16.6. The van der Waals surface area contributed by atoms with Crippen LogP contribution in [0.2, 0.25) is 0 Å². The third kappa shape index (κ3) is 21.4. The highest BCUT2D eigenvalue weighted by Gasteiger charge is 2.78. The fraction of sp³-hybridized carbons (Fsp3) is 0.667. The van der Waals surface area contributed by atoms with Crippen LogP contribution in [0.25, 0.3) is 0 Å². The lowest BCUT2D eigenvalue weighted by atomic mass is 9.50. The molecule has 2 saturated heterocycles. The Balaban J connectivity index is 0.000000190. The maximum Gasteiger partial charge on any atom is 0.428 e. The molecule has 0 N–H and O–H groups in total. The molecule has 2 aliphatic heterocycles. The van der Waals surface area contributed by atoms with E-state index in [1.54, 1.807) is 0 Å². The Labute approximate surface area is 674 Å². The molecule has 0 aromatic heterocycles. The first kappa shape index (κ1) is 98.5. The van der Waals surface area contributed by atoms with E-state index in [2.05, 4.69) is 16.9 Å². The number of esters is 1. The highest BCUT2D eigenvalue weighted by molar-refractivity contribution is 7.92. The Bertz CT molecular complexity index is 4750. The topological polar surface area (TPSA) is 245 Å². The number of halogens is 22. The molecule has 674 valence electrons. The van der Waals surface area contributed by atoms with Gasteiger partial charge >= 0.3 is 45.4 Å². The van der Waals surface area contributed by atoms with Crippen LogP contribution in [0.4, 0.5) is 96.6 Å². The molecule has 13 rings (SSSR count). The lowest BCUT2D eigenvalue weighted by Gasteiger charge is -2.56. The van der Waals surface area contributed by atoms with Crippen molar-refractivity contribution in [1.29, 1.82) is 0 Å². The third-order valence-corrected chi connectivity index (χ3v) is 30.3. The monoisotopic (exact) mass is 1840 g/mol. The molecular formula is C75H89F22N2O15S5-. The zero-order valence-corrected chi connectivity index (χ0v) is 68.8. The van der Waals surface area contributed by atoms with E-state index >= 15 is 8.78 Å². The van der Waals surface area contributed by atoms with Crippen LogP contribution in [0.1, 0.15) is 214 Å². The van der Waals surface area contributed by atoms with Crippen LogP contribution in [0.3, 0.4) is 0 Å². The van der Waals surface area contributed by atoms with Gasteiger partial charge in [-0.1, -0.05) is 76.3 Å². The van der Waals surface area contributed by atoms with Crippen LogP contribution < -0.4 is 9.47 Å². The van der Waals surface area contributed by atoms with E-state index < -0.39 is 203 Å². The summed E-state index contributed by atoms with van der Waals surface area (Å²) in [5, 5.41) is -16.9. The maximum absolute atomic E-state index is 15.0. The minimum atomic E-state index is -6.15. The number of hydrogen-bond donors (Lipinski definition) is 0. The predicted molar refractivity (Wildman–Crippen MR) is 386 cm³/mol. The van der Waals surface area contributed by atoms with Crippen molar-refractivity contribution in [1.82, 2.24) is 8.61 Å². The van der Waals surface area contributed by atoms with E-state index in [0.29, 0.717) is 35.8 Å². The first-order valence-electron chi connectivity index (χ1n) is 38.1. The van der Waals surface area contributed by atoms with Crippen LogP contribution in [-0.2, 0) is 59.4 Å². The molecule has 7 saturated carbocycles. The van der Waals surface area contributed by atoms with Crippen molar-refractivity contribution in [3.05, 3.63) is 111 Å². The zero-order valence-electron chi connectivity index (χ0n) is 64.7. The van der Waals surface area contributed by atoms with E-state index in [9.17, 15) is 139 Å². The summed E-state index contributed by atoms with van der Waals surface area (Å²) in [6.07, 6.45) is 24.8. The molecule has 4 aromatic rings. The Kier molecular flexibility index (Phi) is 30.7. The second-order valence-electron chi connectivity index (χ2n) is 31.8. The van der Waals surface area contributed by atoms with E-state index in [0.717, 1.165) is 158 Å². The fourth-order valence-corrected chi connectivity index (χ4v) is 22.0. The van der Waals surface area contributed by atoms with Crippen LogP contribution in [0.5, 0.6) is 23.0 Å². The number of rotatable bonds is 20. The van der Waals surface area contributed by atoms with Crippen LogP contribution in [0, 0.1) is 83.6 Å². The lowest BCUT2D eigenvalue weighted by molar-refractivity contribution is -0.272. The van der Waals surface area contributed by atoms with Gasteiger partial charge in [-0.3, -0.25) is 0 Å². The Morgan fingerprint density at radius 1 is 0.471 bits per heavy atom. The summed E-state index contributed by atoms with van der Waals surface area (Å²) >= 11 is 0. The summed E-state index contributed by atoms with van der Waals surface area (Å²) in [6, 6.07) is 8.94. The van der Waals surface area contributed by atoms with Gasteiger partial charge in [0.1, 0.15) is 11.5 Å². The number of carbonyl (C=O) groups is 1. The molecular weight excluding hydrogens is 1750 g/mol. The predicted octanol–water partition coefficient (Wildman–Crippen LogP) is 19.7. The van der Waals surface area contributed by atoms with Crippen LogP contribution in [-0.4, -0.2) is 151 Å². The van der Waals surface area contributed by atoms with Crippen molar-refractivity contribution >= 4 is 55.8 Å². The van der Waals surface area contributed by atoms with E-state index in [1.165, 1.54) is 37.7 Å². The Morgan fingerprint density at radius 2 is 0.798 bits per heavy atom. The molecule has 0 unspecified atom stereocenters. The Morgan fingerprint density at radius 3 is 1.13 bits per heavy atom. The molecule has 17 nitrogen and oxygen atoms in total. The van der Waals surface area contributed by atoms with E-state index in [-0.39, 0.29) is 69.0 Å². The molecule has 0 amide bonds. The van der Waals surface area contributed by atoms with Gasteiger partial charge in [0.2, 0.25) is 34.8 Å². The molecule has 7 aliphatic carbocycles. The highest BCUT2D eigenvalue weighted by atomic mass is 32.2. The molecule has 119 heavy (non-hydrogen) atoms. The quantitative estimate of drug-likeness (QED) is 0.0345. The summed E-state index contributed by atoms with van der Waals surface area (Å²) < 4.78 is 433. The SMILES string of the molecule is CC(F)(F)C(F)(F)C(F)(F)S(=O)(=O)N1CCCCC1.CC(F)(F)C(F)(F)C(F)(F)S(=O)(=O)N1CCS(=O)(=O)CC1.Cc1c(F)c(F)c(Oc2c(C3CCCCC3)cc(C3CCCCC3)cc2C2CCCCC2)c(F)c1F.Cc1c(F)c(F)c(Oc2ccc(S(C)(=O)=O)cc2)c(F)c1F.O=C(OCC12CC3CC(CC(C3)C1)C2)C(F)(F)S(=O)(=O)[O-]. The van der Waals surface area contributed by atoms with E-state index in [1.807, 2.05) is 0 Å². The average Bonchev–Trinajstić information content (AvgIpc) is 0.737. The van der Waals surface area contributed by atoms with Crippen LogP contribution in [0.15, 0.2) is 41.3 Å². The first-order chi connectivity index (χ1) is 54.6. The largest absolute Gasteiger partial charge is 0.743 e. The Hall–Kier alpha value is -5.96. The van der Waals surface area contributed by atoms with Gasteiger partial charge < -0.3 is 18.8 Å². The number of benzene rings is 4. The minimum absolute atomic E-state index is 0.0398. The lowest BCUT2D eigenvalue weighted by Crippen LogP contribution is -2.61. The number of sulfonamides is 2. The van der Waals surface area contributed by atoms with Gasteiger partial charge in [-0.25, -0.2) is 64.4 Å². The smallest absolute Gasteiger partial charge is 0.428 e. The number of piperidine rings is 1. The van der Waals surface area contributed by atoms with Gasteiger partial charge in [-0.05, 0) is 180 Å². The maximum atomic E-state index is 15.0. The molecule has 2 heterocycles. The molecule has 44 heteroatoms. The second-order valence-corrected chi connectivity index (χ2v) is 41.5. The van der Waals surface area contributed by atoms with Crippen molar-refractivity contribution < 1.29 is 162 Å². The third-order valence-electron chi connectivity index (χ3n) is 22.9. The summed E-state index contributed by atoms with van der Waals surface area (Å²) in [5.74, 6) is -37.9. The molecule has 9 aliphatic rings. The van der Waals surface area contributed by atoms with Crippen LogP contribution >= 0.6 is 0 Å². The molecule has 0 spiro atoms. The van der Waals surface area contributed by atoms with Crippen molar-refractivity contribution in [2.45, 2.75) is 244 Å². The molecule has 4 aromatic carbocycles. The van der Waals surface area contributed by atoms with Gasteiger partial charge in [0, 0.05) is 62.8 Å². The van der Waals surface area contributed by atoms with Crippen molar-refractivity contribution in [3.63, 3.8) is 0 Å². The molecule has 9 fully saturated rings. The minimum Gasteiger partial charge on any atom is -0.743 e. The summed E-state index contributed by atoms with van der Waals surface area (Å²) in [7, 11) is -25.1. The number of carbonyl (C=O) groups excluding carboxylic acids is 1. The first-order valence-corrected chi connectivity index (χ1v) is 46.1. The van der Waals surface area contributed by atoms with Gasteiger partial charge in [-0.15, -0.1) is 0 Å². The standard InChI is InChI=1S/C31H38F4O.C14H10F4O3S.C13H18F2O5S.C9H13F6NO2S.C8H11F6NO4S2/c1-19-26(32)28(34)31(29(35)27(19)33)36-30-24(21-13-7-3-8-14-21)17-23(20-11-5-2-6-12-20)18-25(30)22-15-9-4-10-16-22;1-7-10(15)12(17)14(13(18)11(7)16)21-8-3-5-9(6-4-8)22(2,19)20;14-13(15,21(17,18)19)11(16)20-7-12-4-8-1-9(5-12)3-10(2-8)6-12;1-7(10,11)8(12,13)9(14,15)19(17,18)16-5-3-2-4-6-16;1-6(9,10)7(11,12)8(13,14)21(18,19)15-2-4-20(16,17)5-3-15/h17-18,20-22H,2-16H2,1H3;3-6H,1-2H3;8-10H,1-7H2,(H,17,18,19);2-6H2,1H3;2-5H2,1H3/p-1. The number of alkyl halides is 14. The van der Waals surface area contributed by atoms with Gasteiger partial charge in [0.05, 0.1) is 23.0 Å². The highest BCUT2D eigenvalue weighted by Crippen LogP contribution is 2.61. The van der Waals surface area contributed by atoms with Crippen molar-refractivity contribution in [2.24, 2.45) is 23.2 Å². The molecule has 0 atom stereocenters. The molecule has 4 bridgehead atoms. The van der Waals surface area contributed by atoms with Gasteiger partial charge in [0.15, 0.2) is 53.1 Å². The number of ether oxygens (including phenoxy) is 3. The summed E-state index contributed by atoms with van der Waals surface area (Å²) in [5.41, 5.74) is 1.52. The normalized spacial score (nSPS) is 22.4. The second kappa shape index (κ2) is 37.1. The number of sulfone groups is 2. The summed E-state index contributed by atoms with van der Waals surface area (Å²) in [6.45, 7) is -1.98. The van der Waals surface area contributed by atoms with Crippen molar-refractivity contribution in [3.8, 4) is 23.0 Å². The summed E-state index contributed by atoms with van der Waals surface area (Å²) in [4.78, 5) is 11.2. The van der Waals surface area contributed by atoms with E-state index in [4.69, 9.17) is 9.47 Å². The molecule has 0 radical (unpaired) electrons. The number of hydrogen-bond acceptors (Lipinski definition) is 15.